The van der Waals surface area contributed by atoms with Gasteiger partial charge in [0.25, 0.3) is 5.69 Å². The van der Waals surface area contributed by atoms with Crippen molar-refractivity contribution >= 4 is 27.2 Å². The molecule has 9 nitrogen and oxygen atoms in total. The lowest BCUT2D eigenvalue weighted by molar-refractivity contribution is -0.384. The molecule has 0 radical (unpaired) electrons. The molecule has 0 aliphatic heterocycles. The van der Waals surface area contributed by atoms with E-state index in [0.717, 1.165) is 5.69 Å². The van der Waals surface area contributed by atoms with Crippen LogP contribution < -0.4 is 10.6 Å². The number of nitrogens with zero attached hydrogens (tertiary/aromatic N) is 3. The van der Waals surface area contributed by atoms with Crippen molar-refractivity contribution in [2.45, 2.75) is 18.7 Å². The predicted octanol–water partition coefficient (Wildman–Crippen LogP) is 2.54. The molecule has 0 saturated carbocycles. The summed E-state index contributed by atoms with van der Waals surface area (Å²) in [7, 11) is -3.51. The molecule has 2 N–H and O–H groups in total. The highest BCUT2D eigenvalue weighted by molar-refractivity contribution is 7.89. The topological polar surface area (TPSA) is 117 Å². The maximum absolute atomic E-state index is 12.4. The van der Waals surface area contributed by atoms with E-state index in [1.165, 1.54) is 28.7 Å². The molecular weight excluding hydrogens is 370 g/mol. The van der Waals surface area contributed by atoms with Gasteiger partial charge in [0.1, 0.15) is 10.7 Å². The highest BCUT2D eigenvalue weighted by atomic mass is 32.2. The maximum atomic E-state index is 12.4. The van der Waals surface area contributed by atoms with Gasteiger partial charge in [0, 0.05) is 50.2 Å². The molecule has 0 amide bonds. The smallest absolute Gasteiger partial charge is 0.269 e. The SMILES string of the molecule is CCN(CC)S(=O)(=O)c1ccc(NCCNc2ccc([N+](=O)[O-])cc2)nc1. The first-order chi connectivity index (χ1) is 12.9. The van der Waals surface area contributed by atoms with Crippen molar-refractivity contribution in [3.8, 4) is 0 Å². The minimum absolute atomic E-state index is 0.0441. The number of rotatable bonds is 10. The van der Waals surface area contributed by atoms with E-state index in [1.54, 1.807) is 32.0 Å². The maximum Gasteiger partial charge on any atom is 0.269 e. The van der Waals surface area contributed by atoms with Crippen LogP contribution in [0.5, 0.6) is 0 Å². The molecule has 1 heterocycles. The van der Waals surface area contributed by atoms with E-state index in [4.69, 9.17) is 0 Å². The van der Waals surface area contributed by atoms with Gasteiger partial charge in [0.15, 0.2) is 0 Å². The largest absolute Gasteiger partial charge is 0.383 e. The Balaban J connectivity index is 1.85. The molecule has 0 aliphatic carbocycles. The number of anilines is 2. The normalized spacial score (nSPS) is 11.4. The Morgan fingerprint density at radius 2 is 1.67 bits per heavy atom. The molecule has 1 aromatic heterocycles. The summed E-state index contributed by atoms with van der Waals surface area (Å²) in [5.74, 6) is 0.569. The number of hydrogen-bond donors (Lipinski definition) is 2. The second kappa shape index (κ2) is 9.28. The van der Waals surface area contributed by atoms with Crippen LogP contribution in [-0.2, 0) is 10.0 Å². The monoisotopic (exact) mass is 393 g/mol. The third-order valence-electron chi connectivity index (χ3n) is 3.92. The van der Waals surface area contributed by atoms with E-state index in [1.807, 2.05) is 0 Å². The fraction of sp³-hybridized carbons (Fsp3) is 0.353. The molecule has 0 spiro atoms. The molecule has 0 saturated heterocycles. The van der Waals surface area contributed by atoms with Crippen LogP contribution in [-0.4, -0.2) is 48.8 Å². The third-order valence-corrected chi connectivity index (χ3v) is 5.95. The first-order valence-corrected chi connectivity index (χ1v) is 10.0. The second-order valence-corrected chi connectivity index (χ2v) is 7.56. The summed E-state index contributed by atoms with van der Waals surface area (Å²) in [6.07, 6.45) is 1.35. The number of sulfonamides is 1. The Bertz CT molecular complexity index is 850. The summed E-state index contributed by atoms with van der Waals surface area (Å²) in [6, 6.07) is 9.32. The summed E-state index contributed by atoms with van der Waals surface area (Å²) in [5, 5.41) is 16.8. The van der Waals surface area contributed by atoms with Crippen molar-refractivity contribution in [1.29, 1.82) is 0 Å². The minimum atomic E-state index is -3.51. The quantitative estimate of drug-likeness (QED) is 0.362. The highest BCUT2D eigenvalue weighted by Gasteiger charge is 2.21. The van der Waals surface area contributed by atoms with Crippen LogP contribution >= 0.6 is 0 Å². The molecule has 1 aromatic carbocycles. The van der Waals surface area contributed by atoms with Gasteiger partial charge in [-0.1, -0.05) is 13.8 Å². The van der Waals surface area contributed by atoms with Gasteiger partial charge in [0.05, 0.1) is 4.92 Å². The fourth-order valence-electron chi connectivity index (χ4n) is 2.45. The van der Waals surface area contributed by atoms with Crippen LogP contribution in [0.1, 0.15) is 13.8 Å². The zero-order valence-electron chi connectivity index (χ0n) is 15.3. The Hall–Kier alpha value is -2.72. The average molecular weight is 393 g/mol. The molecular formula is C17H23N5O4S. The van der Waals surface area contributed by atoms with Gasteiger partial charge in [-0.3, -0.25) is 10.1 Å². The number of non-ortho nitro benzene ring substituents is 1. The fourth-order valence-corrected chi connectivity index (χ4v) is 3.85. The molecule has 0 unspecified atom stereocenters. The number of hydrogen-bond acceptors (Lipinski definition) is 7. The number of aromatic nitrogens is 1. The van der Waals surface area contributed by atoms with Gasteiger partial charge < -0.3 is 10.6 Å². The minimum Gasteiger partial charge on any atom is -0.383 e. The molecule has 0 fully saturated rings. The molecule has 146 valence electrons. The van der Waals surface area contributed by atoms with Crippen molar-refractivity contribution < 1.29 is 13.3 Å². The standard InChI is InChI=1S/C17H23N5O4S/c1-3-21(4-2)27(25,26)16-9-10-17(20-13-16)19-12-11-18-14-5-7-15(8-6-14)22(23)24/h5-10,13,18H,3-4,11-12H2,1-2H3,(H,19,20). The lowest BCUT2D eigenvalue weighted by Gasteiger charge is -2.18. The van der Waals surface area contributed by atoms with Crippen molar-refractivity contribution in [3.05, 3.63) is 52.7 Å². The Labute approximate surface area is 158 Å². The molecule has 0 aliphatic rings. The lowest BCUT2D eigenvalue weighted by Crippen LogP contribution is -2.30. The van der Waals surface area contributed by atoms with Gasteiger partial charge in [-0.25, -0.2) is 13.4 Å². The van der Waals surface area contributed by atoms with E-state index in [9.17, 15) is 18.5 Å². The van der Waals surface area contributed by atoms with Crippen LogP contribution in [0.15, 0.2) is 47.5 Å². The molecule has 0 bridgehead atoms. The van der Waals surface area contributed by atoms with Crippen LogP contribution in [0.3, 0.4) is 0 Å². The number of nitro groups is 1. The zero-order chi connectivity index (χ0) is 19.9. The summed E-state index contributed by atoms with van der Waals surface area (Å²) >= 11 is 0. The Morgan fingerprint density at radius 1 is 1.04 bits per heavy atom. The van der Waals surface area contributed by atoms with Gasteiger partial charge >= 0.3 is 0 Å². The van der Waals surface area contributed by atoms with Crippen molar-refractivity contribution in [3.63, 3.8) is 0 Å². The number of nitrogens with one attached hydrogen (secondary N) is 2. The van der Waals surface area contributed by atoms with Gasteiger partial charge in [-0.2, -0.15) is 4.31 Å². The summed E-state index contributed by atoms with van der Waals surface area (Å²) in [6.45, 7) is 5.52. The first-order valence-electron chi connectivity index (χ1n) is 8.57. The van der Waals surface area contributed by atoms with Gasteiger partial charge in [0.2, 0.25) is 10.0 Å². The van der Waals surface area contributed by atoms with Gasteiger partial charge in [-0.05, 0) is 24.3 Å². The molecule has 0 atom stereocenters. The van der Waals surface area contributed by atoms with Crippen LogP contribution in [0.25, 0.3) is 0 Å². The molecule has 2 aromatic rings. The molecule has 2 rings (SSSR count). The Morgan fingerprint density at radius 3 is 2.19 bits per heavy atom. The molecule has 10 heteroatoms. The molecule has 27 heavy (non-hydrogen) atoms. The summed E-state index contributed by atoms with van der Waals surface area (Å²) < 4.78 is 26.2. The van der Waals surface area contributed by atoms with Gasteiger partial charge in [-0.15, -0.1) is 0 Å². The van der Waals surface area contributed by atoms with Crippen LogP contribution in [0.4, 0.5) is 17.2 Å². The van der Waals surface area contributed by atoms with Crippen molar-refractivity contribution in [1.82, 2.24) is 9.29 Å². The number of pyridine rings is 1. The van der Waals surface area contributed by atoms with Crippen molar-refractivity contribution in [2.24, 2.45) is 0 Å². The summed E-state index contributed by atoms with van der Waals surface area (Å²) in [5.41, 5.74) is 0.818. The zero-order valence-corrected chi connectivity index (χ0v) is 16.1. The first kappa shape index (κ1) is 20.6. The lowest BCUT2D eigenvalue weighted by atomic mass is 10.3. The second-order valence-electron chi connectivity index (χ2n) is 5.63. The van der Waals surface area contributed by atoms with E-state index in [2.05, 4.69) is 15.6 Å². The van der Waals surface area contributed by atoms with E-state index in [0.29, 0.717) is 32.0 Å². The van der Waals surface area contributed by atoms with E-state index in [-0.39, 0.29) is 10.6 Å². The predicted molar refractivity (Wildman–Crippen MR) is 104 cm³/mol. The van der Waals surface area contributed by atoms with E-state index >= 15 is 0 Å². The van der Waals surface area contributed by atoms with Crippen LogP contribution in [0.2, 0.25) is 0 Å². The summed E-state index contributed by atoms with van der Waals surface area (Å²) in [4.78, 5) is 14.5. The number of benzene rings is 1. The number of nitro benzene ring substituents is 1. The van der Waals surface area contributed by atoms with E-state index < -0.39 is 14.9 Å². The highest BCUT2D eigenvalue weighted by Crippen LogP contribution is 2.16. The third kappa shape index (κ3) is 5.38. The van der Waals surface area contributed by atoms with Crippen LogP contribution in [0, 0.1) is 10.1 Å². The Kier molecular flexibility index (Phi) is 7.08. The van der Waals surface area contributed by atoms with Crippen molar-refractivity contribution in [2.75, 3.05) is 36.8 Å². The average Bonchev–Trinajstić information content (AvgIpc) is 2.66.